The second-order valence-electron chi connectivity index (χ2n) is 4.96. The van der Waals surface area contributed by atoms with Crippen molar-refractivity contribution in [1.82, 2.24) is 14.8 Å². The number of hydrogen-bond donors (Lipinski definition) is 1. The molecule has 8 heteroatoms. The number of nitrogens with zero attached hydrogens (tertiary/aromatic N) is 3. The Hall–Kier alpha value is -2.08. The first-order valence-electron chi connectivity index (χ1n) is 6.91. The smallest absolute Gasteiger partial charge is 0.258 e. The molecule has 3 aromatic rings. The van der Waals surface area contributed by atoms with Gasteiger partial charge in [-0.05, 0) is 42.0 Å². The van der Waals surface area contributed by atoms with Crippen LogP contribution >= 0.6 is 34.8 Å². The number of aromatic nitrogens is 3. The normalized spacial score (nSPS) is 10.6. The number of anilines is 1. The number of halogens is 3. The molecular weight excluding hydrogens is 371 g/mol. The zero-order valence-electron chi connectivity index (χ0n) is 12.2. The SMILES string of the molecule is O=C(Nc1ncn(Cc2ccc(Cl)cc2Cl)n1)c1ccc(Cl)cc1. The molecule has 0 spiro atoms. The fraction of sp³-hybridized carbons (Fsp3) is 0.0625. The highest BCUT2D eigenvalue weighted by molar-refractivity contribution is 6.35. The lowest BCUT2D eigenvalue weighted by atomic mass is 10.2. The largest absolute Gasteiger partial charge is 0.289 e. The molecular formula is C16H11Cl3N4O. The van der Waals surface area contributed by atoms with E-state index in [4.69, 9.17) is 34.8 Å². The Balaban J connectivity index is 1.69. The number of amides is 1. The quantitative estimate of drug-likeness (QED) is 0.722. The minimum Gasteiger partial charge on any atom is -0.289 e. The van der Waals surface area contributed by atoms with Crippen molar-refractivity contribution in [2.24, 2.45) is 0 Å². The standard InChI is InChI=1S/C16H11Cl3N4O/c17-12-4-1-10(2-5-12)15(24)21-16-20-9-23(22-16)8-11-3-6-13(18)7-14(11)19/h1-7,9H,8H2,(H,21,22,24). The Labute approximate surface area is 153 Å². The van der Waals surface area contributed by atoms with E-state index in [0.29, 0.717) is 27.2 Å². The molecule has 1 aromatic heterocycles. The molecule has 1 N–H and O–H groups in total. The first-order chi connectivity index (χ1) is 11.5. The molecule has 0 atom stereocenters. The molecule has 0 saturated heterocycles. The van der Waals surface area contributed by atoms with Gasteiger partial charge in [-0.15, -0.1) is 5.10 Å². The minimum atomic E-state index is -0.311. The van der Waals surface area contributed by atoms with Crippen LogP contribution in [0.5, 0.6) is 0 Å². The lowest BCUT2D eigenvalue weighted by molar-refractivity contribution is 0.102. The molecule has 2 aromatic carbocycles. The predicted octanol–water partition coefficient (Wildman–Crippen LogP) is 4.54. The summed E-state index contributed by atoms with van der Waals surface area (Å²) >= 11 is 17.8. The molecule has 0 saturated carbocycles. The summed E-state index contributed by atoms with van der Waals surface area (Å²) in [7, 11) is 0. The van der Waals surface area contributed by atoms with Crippen molar-refractivity contribution in [2.45, 2.75) is 6.54 Å². The van der Waals surface area contributed by atoms with Crippen molar-refractivity contribution in [2.75, 3.05) is 5.32 Å². The highest BCUT2D eigenvalue weighted by Crippen LogP contribution is 2.21. The number of benzene rings is 2. The summed E-state index contributed by atoms with van der Waals surface area (Å²) in [6.45, 7) is 0.416. The van der Waals surface area contributed by atoms with Crippen molar-refractivity contribution in [3.05, 3.63) is 75.0 Å². The number of rotatable bonds is 4. The van der Waals surface area contributed by atoms with Gasteiger partial charge >= 0.3 is 0 Å². The second kappa shape index (κ2) is 7.21. The summed E-state index contributed by atoms with van der Waals surface area (Å²) in [4.78, 5) is 16.2. The van der Waals surface area contributed by atoms with Gasteiger partial charge in [0.15, 0.2) is 0 Å². The fourth-order valence-corrected chi connectivity index (χ4v) is 2.62. The van der Waals surface area contributed by atoms with Crippen LogP contribution in [0.15, 0.2) is 48.8 Å². The average Bonchev–Trinajstić information content (AvgIpc) is 2.98. The van der Waals surface area contributed by atoms with Crippen LogP contribution in [0.1, 0.15) is 15.9 Å². The number of carbonyl (C=O) groups is 1. The van der Waals surface area contributed by atoms with E-state index in [1.165, 1.54) is 6.33 Å². The summed E-state index contributed by atoms with van der Waals surface area (Å²) < 4.78 is 1.58. The summed E-state index contributed by atoms with van der Waals surface area (Å²) in [6.07, 6.45) is 1.52. The Kier molecular flexibility index (Phi) is 5.04. The molecule has 24 heavy (non-hydrogen) atoms. The predicted molar refractivity (Wildman–Crippen MR) is 95.0 cm³/mol. The summed E-state index contributed by atoms with van der Waals surface area (Å²) in [5, 5.41) is 8.51. The van der Waals surface area contributed by atoms with E-state index >= 15 is 0 Å². The molecule has 1 heterocycles. The third kappa shape index (κ3) is 4.06. The third-order valence-electron chi connectivity index (χ3n) is 3.22. The van der Waals surface area contributed by atoms with Crippen molar-refractivity contribution < 1.29 is 4.79 Å². The Morgan fingerprint density at radius 3 is 2.46 bits per heavy atom. The first-order valence-corrected chi connectivity index (χ1v) is 8.05. The Morgan fingerprint density at radius 1 is 1.04 bits per heavy atom. The van der Waals surface area contributed by atoms with Gasteiger partial charge in [0.2, 0.25) is 5.95 Å². The van der Waals surface area contributed by atoms with Gasteiger partial charge in [-0.25, -0.2) is 9.67 Å². The molecule has 0 radical (unpaired) electrons. The lowest BCUT2D eigenvalue weighted by Gasteiger charge is -2.04. The van der Waals surface area contributed by atoms with E-state index in [-0.39, 0.29) is 11.9 Å². The molecule has 0 fully saturated rings. The monoisotopic (exact) mass is 380 g/mol. The van der Waals surface area contributed by atoms with E-state index in [1.54, 1.807) is 41.1 Å². The average molecular weight is 382 g/mol. The maximum Gasteiger partial charge on any atom is 0.258 e. The van der Waals surface area contributed by atoms with E-state index in [9.17, 15) is 4.79 Å². The van der Waals surface area contributed by atoms with E-state index in [2.05, 4.69) is 15.4 Å². The maximum absolute atomic E-state index is 12.1. The topological polar surface area (TPSA) is 59.8 Å². The Morgan fingerprint density at radius 2 is 1.75 bits per heavy atom. The molecule has 0 bridgehead atoms. The van der Waals surface area contributed by atoms with Gasteiger partial charge in [0.05, 0.1) is 6.54 Å². The molecule has 0 unspecified atom stereocenters. The van der Waals surface area contributed by atoms with E-state index in [0.717, 1.165) is 5.56 Å². The Bertz CT molecular complexity index is 877. The summed E-state index contributed by atoms with van der Waals surface area (Å²) in [5.41, 5.74) is 1.32. The van der Waals surface area contributed by atoms with Gasteiger partial charge < -0.3 is 0 Å². The van der Waals surface area contributed by atoms with Crippen LogP contribution in [0.25, 0.3) is 0 Å². The zero-order valence-corrected chi connectivity index (χ0v) is 14.5. The van der Waals surface area contributed by atoms with E-state index < -0.39 is 0 Å². The van der Waals surface area contributed by atoms with Gasteiger partial charge in [-0.2, -0.15) is 0 Å². The highest BCUT2D eigenvalue weighted by Gasteiger charge is 2.10. The van der Waals surface area contributed by atoms with E-state index in [1.807, 2.05) is 6.07 Å². The van der Waals surface area contributed by atoms with Crippen molar-refractivity contribution >= 4 is 46.7 Å². The first kappa shape index (κ1) is 16.8. The molecule has 3 rings (SSSR count). The molecule has 0 aliphatic carbocycles. The lowest BCUT2D eigenvalue weighted by Crippen LogP contribution is -2.13. The molecule has 0 aliphatic heterocycles. The second-order valence-corrected chi connectivity index (χ2v) is 6.24. The van der Waals surface area contributed by atoms with Crippen LogP contribution in [0.2, 0.25) is 15.1 Å². The third-order valence-corrected chi connectivity index (χ3v) is 4.05. The molecule has 5 nitrogen and oxygen atoms in total. The van der Waals surface area contributed by atoms with Crippen molar-refractivity contribution in [1.29, 1.82) is 0 Å². The van der Waals surface area contributed by atoms with Gasteiger partial charge in [0.1, 0.15) is 6.33 Å². The van der Waals surface area contributed by atoms with Gasteiger partial charge in [0, 0.05) is 20.6 Å². The van der Waals surface area contributed by atoms with Crippen molar-refractivity contribution in [3.8, 4) is 0 Å². The van der Waals surface area contributed by atoms with Gasteiger partial charge in [0.25, 0.3) is 5.91 Å². The zero-order chi connectivity index (χ0) is 17.1. The number of nitrogens with one attached hydrogen (secondary N) is 1. The number of hydrogen-bond acceptors (Lipinski definition) is 3. The van der Waals surface area contributed by atoms with Crippen LogP contribution in [-0.2, 0) is 6.54 Å². The minimum absolute atomic E-state index is 0.208. The highest BCUT2D eigenvalue weighted by atomic mass is 35.5. The molecule has 0 aliphatic rings. The van der Waals surface area contributed by atoms with Crippen LogP contribution in [0.3, 0.4) is 0 Å². The number of carbonyl (C=O) groups excluding carboxylic acids is 1. The van der Waals surface area contributed by atoms with Crippen LogP contribution in [-0.4, -0.2) is 20.7 Å². The molecule has 1 amide bonds. The van der Waals surface area contributed by atoms with Crippen molar-refractivity contribution in [3.63, 3.8) is 0 Å². The maximum atomic E-state index is 12.1. The molecule has 122 valence electrons. The fourth-order valence-electron chi connectivity index (χ4n) is 2.03. The summed E-state index contributed by atoms with van der Waals surface area (Å²) in [6, 6.07) is 11.8. The van der Waals surface area contributed by atoms with Gasteiger partial charge in [-0.3, -0.25) is 10.1 Å². The van der Waals surface area contributed by atoms with Crippen LogP contribution in [0, 0.1) is 0 Å². The van der Waals surface area contributed by atoms with Gasteiger partial charge in [-0.1, -0.05) is 40.9 Å². The van der Waals surface area contributed by atoms with Crippen LogP contribution < -0.4 is 5.32 Å². The van der Waals surface area contributed by atoms with Crippen LogP contribution in [0.4, 0.5) is 5.95 Å². The summed E-state index contributed by atoms with van der Waals surface area (Å²) in [5.74, 6) is -0.103.